The van der Waals surface area contributed by atoms with E-state index in [9.17, 15) is 27.2 Å². The van der Waals surface area contributed by atoms with Gasteiger partial charge < -0.3 is 5.32 Å². The van der Waals surface area contributed by atoms with Gasteiger partial charge >= 0.3 is 6.18 Å². The van der Waals surface area contributed by atoms with Gasteiger partial charge in [0.2, 0.25) is 11.6 Å². The fourth-order valence-corrected chi connectivity index (χ4v) is 2.79. The summed E-state index contributed by atoms with van der Waals surface area (Å²) in [6, 6.07) is 9.51. The van der Waals surface area contributed by atoms with Gasteiger partial charge in [-0.1, -0.05) is 28.1 Å². The Balaban J connectivity index is 2.02. The summed E-state index contributed by atoms with van der Waals surface area (Å²) in [5, 5.41) is 2.24. The molecule has 10 heteroatoms. The molecular weight excluding hydrogens is 434 g/mol. The van der Waals surface area contributed by atoms with Gasteiger partial charge in [-0.25, -0.2) is 9.37 Å². The van der Waals surface area contributed by atoms with Gasteiger partial charge in [0.15, 0.2) is 0 Å². The molecule has 1 N–H and O–H groups in total. The number of nitrogens with one attached hydrogen (secondary N) is 1. The fourth-order valence-electron chi connectivity index (χ4n) is 2.46. The summed E-state index contributed by atoms with van der Waals surface area (Å²) >= 11 is 3.07. The van der Waals surface area contributed by atoms with Gasteiger partial charge in [-0.15, -0.1) is 0 Å². The summed E-state index contributed by atoms with van der Waals surface area (Å²) in [7, 11) is 0. The highest BCUT2D eigenvalue weighted by atomic mass is 79.9. The molecule has 0 aliphatic rings. The maximum absolute atomic E-state index is 13.8. The molecule has 1 aromatic heterocycles. The second kappa shape index (κ2) is 7.10. The third-order valence-electron chi connectivity index (χ3n) is 3.63. The molecule has 0 aliphatic carbocycles. The first-order valence-corrected chi connectivity index (χ1v) is 8.28. The van der Waals surface area contributed by atoms with Crippen LogP contribution >= 0.6 is 15.9 Å². The van der Waals surface area contributed by atoms with E-state index in [0.29, 0.717) is 9.04 Å². The molecule has 1 amide bonds. The van der Waals surface area contributed by atoms with Crippen LogP contribution in [0.25, 0.3) is 11.0 Å². The predicted octanol–water partition coefficient (Wildman–Crippen LogP) is 3.96. The number of nitrogens with zero attached hydrogens (tertiary/aromatic N) is 2. The third-order valence-corrected chi connectivity index (χ3v) is 4.12. The van der Waals surface area contributed by atoms with Crippen molar-refractivity contribution in [3.8, 4) is 0 Å². The number of halogens is 5. The van der Waals surface area contributed by atoms with E-state index in [0.717, 1.165) is 6.07 Å². The number of hydrogen-bond donors (Lipinski definition) is 1. The number of carbonyl (C=O) groups excluding carboxylic acids is 1. The SMILES string of the molecule is O=C(Cn1c(=O)c(C(F)(F)F)nc2ccccc21)Nc1ccc(Br)cc1F. The lowest BCUT2D eigenvalue weighted by Gasteiger charge is -2.14. The van der Waals surface area contributed by atoms with Gasteiger partial charge in [0.05, 0.1) is 16.7 Å². The van der Waals surface area contributed by atoms with Gasteiger partial charge in [-0.3, -0.25) is 14.2 Å². The van der Waals surface area contributed by atoms with Crippen LogP contribution in [0.2, 0.25) is 0 Å². The van der Waals surface area contributed by atoms with Crippen molar-refractivity contribution in [3.05, 3.63) is 68.8 Å². The molecule has 0 bridgehead atoms. The molecule has 140 valence electrons. The van der Waals surface area contributed by atoms with Crippen LogP contribution in [-0.2, 0) is 17.5 Å². The molecule has 27 heavy (non-hydrogen) atoms. The van der Waals surface area contributed by atoms with Gasteiger partial charge in [0.1, 0.15) is 12.4 Å². The van der Waals surface area contributed by atoms with Crippen LogP contribution < -0.4 is 10.9 Å². The summed E-state index contributed by atoms with van der Waals surface area (Å²) < 4.78 is 54.2. The largest absolute Gasteiger partial charge is 0.438 e. The van der Waals surface area contributed by atoms with E-state index in [-0.39, 0.29) is 16.7 Å². The maximum Gasteiger partial charge on any atom is 0.438 e. The van der Waals surface area contributed by atoms with Crippen LogP contribution in [0.15, 0.2) is 51.7 Å². The van der Waals surface area contributed by atoms with Crippen LogP contribution in [0.1, 0.15) is 5.69 Å². The van der Waals surface area contributed by atoms with Gasteiger partial charge in [0.25, 0.3) is 5.56 Å². The smallest absolute Gasteiger partial charge is 0.322 e. The monoisotopic (exact) mass is 443 g/mol. The van der Waals surface area contributed by atoms with E-state index in [4.69, 9.17) is 0 Å². The number of benzene rings is 2. The minimum atomic E-state index is -4.98. The van der Waals surface area contributed by atoms with E-state index in [2.05, 4.69) is 26.2 Å². The lowest BCUT2D eigenvalue weighted by atomic mass is 10.2. The van der Waals surface area contributed by atoms with Gasteiger partial charge in [-0.05, 0) is 30.3 Å². The van der Waals surface area contributed by atoms with Crippen molar-refractivity contribution in [1.29, 1.82) is 0 Å². The van der Waals surface area contributed by atoms with Crippen LogP contribution in [0.5, 0.6) is 0 Å². The molecule has 0 atom stereocenters. The van der Waals surface area contributed by atoms with E-state index in [1.807, 2.05) is 0 Å². The zero-order valence-corrected chi connectivity index (χ0v) is 14.9. The molecule has 5 nitrogen and oxygen atoms in total. The van der Waals surface area contributed by atoms with Crippen LogP contribution in [0, 0.1) is 5.82 Å². The first kappa shape index (κ1) is 19.0. The molecule has 3 rings (SSSR count). The number of alkyl halides is 3. The van der Waals surface area contributed by atoms with Crippen LogP contribution in [0.4, 0.5) is 23.2 Å². The number of amides is 1. The molecule has 0 spiro atoms. The topological polar surface area (TPSA) is 64.0 Å². The summed E-state index contributed by atoms with van der Waals surface area (Å²) in [6.07, 6.45) is -4.98. The quantitative estimate of drug-likeness (QED) is 0.623. The van der Waals surface area contributed by atoms with E-state index in [1.165, 1.54) is 36.4 Å². The van der Waals surface area contributed by atoms with E-state index < -0.39 is 35.7 Å². The van der Waals surface area contributed by atoms with Gasteiger partial charge in [0, 0.05) is 4.47 Å². The van der Waals surface area contributed by atoms with E-state index in [1.54, 1.807) is 0 Å². The summed E-state index contributed by atoms with van der Waals surface area (Å²) in [5.41, 5.74) is -3.27. The second-order valence-corrected chi connectivity index (χ2v) is 6.43. The minimum Gasteiger partial charge on any atom is -0.322 e. The van der Waals surface area contributed by atoms with E-state index >= 15 is 0 Å². The molecule has 0 aliphatic heterocycles. The Morgan fingerprint density at radius 2 is 1.89 bits per heavy atom. The van der Waals surface area contributed by atoms with Crippen LogP contribution in [-0.4, -0.2) is 15.5 Å². The highest BCUT2D eigenvalue weighted by Crippen LogP contribution is 2.26. The Labute approximate surface area is 157 Å². The molecule has 0 saturated heterocycles. The predicted molar refractivity (Wildman–Crippen MR) is 93.7 cm³/mol. The second-order valence-electron chi connectivity index (χ2n) is 5.51. The van der Waals surface area contributed by atoms with Crippen molar-refractivity contribution in [1.82, 2.24) is 9.55 Å². The Kier molecular flexibility index (Phi) is 5.01. The number of carbonyl (C=O) groups is 1. The Hall–Kier alpha value is -2.75. The van der Waals surface area contributed by atoms with Crippen molar-refractivity contribution in [2.45, 2.75) is 12.7 Å². The number of rotatable bonds is 3. The highest BCUT2D eigenvalue weighted by Gasteiger charge is 2.37. The normalized spacial score (nSPS) is 11.6. The first-order chi connectivity index (χ1) is 12.7. The molecule has 0 unspecified atom stereocenters. The number of hydrogen-bond acceptors (Lipinski definition) is 3. The summed E-state index contributed by atoms with van der Waals surface area (Å²) in [6.45, 7) is -0.736. The zero-order valence-electron chi connectivity index (χ0n) is 13.3. The fraction of sp³-hybridized carbons (Fsp3) is 0.118. The number of para-hydroxylation sites is 2. The lowest BCUT2D eigenvalue weighted by Crippen LogP contribution is -2.34. The number of fused-ring (bicyclic) bond motifs is 1. The number of anilines is 1. The zero-order chi connectivity index (χ0) is 19.8. The molecular formula is C17H10BrF4N3O2. The summed E-state index contributed by atoms with van der Waals surface area (Å²) in [5.74, 6) is -1.59. The molecule has 1 heterocycles. The molecule has 0 saturated carbocycles. The molecule has 3 aromatic rings. The Morgan fingerprint density at radius 3 is 2.56 bits per heavy atom. The van der Waals surface area contributed by atoms with Crippen molar-refractivity contribution < 1.29 is 22.4 Å². The van der Waals surface area contributed by atoms with Crippen molar-refractivity contribution in [2.75, 3.05) is 5.32 Å². The molecule has 0 radical (unpaired) electrons. The average molecular weight is 444 g/mol. The molecule has 2 aromatic carbocycles. The highest BCUT2D eigenvalue weighted by molar-refractivity contribution is 9.10. The average Bonchev–Trinajstić information content (AvgIpc) is 2.58. The Bertz CT molecular complexity index is 1100. The minimum absolute atomic E-state index is 0.0573. The number of aromatic nitrogens is 2. The van der Waals surface area contributed by atoms with Crippen molar-refractivity contribution in [2.24, 2.45) is 0 Å². The summed E-state index contributed by atoms with van der Waals surface area (Å²) in [4.78, 5) is 27.8. The third kappa shape index (κ3) is 4.00. The van der Waals surface area contributed by atoms with Crippen LogP contribution in [0.3, 0.4) is 0 Å². The first-order valence-electron chi connectivity index (χ1n) is 7.48. The maximum atomic E-state index is 13.8. The van der Waals surface area contributed by atoms with Gasteiger partial charge in [-0.2, -0.15) is 13.2 Å². The standard InChI is InChI=1S/C17H10BrF4N3O2/c18-9-5-6-11(10(19)7-9)23-14(26)8-25-13-4-2-1-3-12(13)24-15(16(25)27)17(20,21)22/h1-7H,8H2,(H,23,26). The Morgan fingerprint density at radius 1 is 1.19 bits per heavy atom. The molecule has 0 fully saturated rings. The van der Waals surface area contributed by atoms with Crippen molar-refractivity contribution >= 4 is 38.6 Å². The lowest BCUT2D eigenvalue weighted by molar-refractivity contribution is -0.142. The van der Waals surface area contributed by atoms with Crippen molar-refractivity contribution in [3.63, 3.8) is 0 Å².